The lowest BCUT2D eigenvalue weighted by Crippen LogP contribution is -2.70. The highest BCUT2D eigenvalue weighted by Crippen LogP contribution is 2.41. The van der Waals surface area contributed by atoms with Crippen LogP contribution >= 0.6 is 23.1 Å². The van der Waals surface area contributed by atoms with Crippen LogP contribution in [0.3, 0.4) is 0 Å². The Hall–Kier alpha value is -7.15. The number of carbonyl (C=O) groups is 5. The summed E-state index contributed by atoms with van der Waals surface area (Å²) in [6.07, 6.45) is -1.72. The predicted octanol–water partition coefficient (Wildman–Crippen LogP) is 0.168. The second-order valence-corrected chi connectivity index (χ2v) is 14.2. The fourth-order valence-corrected chi connectivity index (χ4v) is 6.95. The van der Waals surface area contributed by atoms with Crippen LogP contribution in [0.1, 0.15) is 29.9 Å². The molecule has 2 aliphatic heterocycles. The highest BCUT2D eigenvalue weighted by Gasteiger charge is 2.54. The molecule has 2 aromatic heterocycles. The summed E-state index contributed by atoms with van der Waals surface area (Å²) in [5.41, 5.74) is 8.15. The molecule has 2 aromatic carbocycles. The van der Waals surface area contributed by atoms with Crippen molar-refractivity contribution in [2.24, 2.45) is 5.16 Å². The number of tetrazole rings is 1. The molecule has 56 heavy (non-hydrogen) atoms. The van der Waals surface area contributed by atoms with Gasteiger partial charge in [0.15, 0.2) is 39.7 Å². The van der Waals surface area contributed by atoms with Crippen LogP contribution in [0.25, 0.3) is 11.4 Å². The van der Waals surface area contributed by atoms with E-state index in [9.17, 15) is 49.5 Å². The molecule has 23 nitrogen and oxygen atoms in total. The number of nitrogens with zero attached hydrogens (tertiary/aromatic N) is 7. The number of aromatic hydroxyl groups is 4. The van der Waals surface area contributed by atoms with Crippen LogP contribution in [-0.2, 0) is 30.5 Å². The van der Waals surface area contributed by atoms with Crippen molar-refractivity contribution in [3.63, 3.8) is 0 Å². The number of nitrogens with one attached hydrogen (secondary N) is 3. The number of nitrogens with two attached hydrogens (primary N) is 1. The molecule has 4 aromatic rings. The Kier molecular flexibility index (Phi) is 10.5. The summed E-state index contributed by atoms with van der Waals surface area (Å²) < 4.78 is 6.32. The van der Waals surface area contributed by atoms with Gasteiger partial charge in [-0.2, -0.15) is 0 Å². The Morgan fingerprint density at radius 3 is 2.41 bits per heavy atom. The van der Waals surface area contributed by atoms with Gasteiger partial charge >= 0.3 is 6.16 Å². The standard InChI is InChI=1S/C31H29N11O12S2/c1-31(2,28(50)37-36-23(47)13-4-6-17(44)19(46)8-13)54-38-20(15-11-56-29(32)33-15)24(48)34-21-25(49)42-26(53-30(51)52)14(10-55-27(21)42)9-41-22(35-39-40-41)12-3-5-16(43)18(45)7-12/h3-8,11,21,27,43-46H,9-10H2,1-2H3,(H2,32,33)(H,34,48)(H,36,47)(H,37,50)(H,51,52)/b38-20-/t21-,27-/m1/s1. The number of benzene rings is 2. The van der Waals surface area contributed by atoms with Crippen molar-refractivity contribution in [3.05, 3.63) is 64.5 Å². The third-order valence-electron chi connectivity index (χ3n) is 7.99. The third kappa shape index (κ3) is 7.87. The molecule has 0 saturated carbocycles. The molecule has 2 aliphatic rings. The number of carboxylic acid groups (broad SMARTS) is 1. The highest BCUT2D eigenvalue weighted by molar-refractivity contribution is 8.00. The summed E-state index contributed by atoms with van der Waals surface area (Å²) in [7, 11) is 0. The molecule has 2 atom stereocenters. The van der Waals surface area contributed by atoms with Crippen molar-refractivity contribution in [2.45, 2.75) is 37.4 Å². The van der Waals surface area contributed by atoms with Crippen molar-refractivity contribution in [1.29, 1.82) is 0 Å². The van der Waals surface area contributed by atoms with E-state index in [1.807, 2.05) is 0 Å². The number of carbonyl (C=O) groups excluding carboxylic acids is 4. The van der Waals surface area contributed by atoms with E-state index >= 15 is 0 Å². The van der Waals surface area contributed by atoms with Gasteiger partial charge in [-0.15, -0.1) is 28.2 Å². The fraction of sp³-hybridized carbons (Fsp3) is 0.226. The van der Waals surface area contributed by atoms with Crippen molar-refractivity contribution >= 4 is 63.7 Å². The Labute approximate surface area is 321 Å². The molecule has 0 spiro atoms. The third-order valence-corrected chi connectivity index (χ3v) is 10.0. The number of hydrazine groups is 1. The minimum absolute atomic E-state index is 0.0512. The molecule has 4 heterocycles. The normalized spacial score (nSPS) is 16.7. The highest BCUT2D eigenvalue weighted by atomic mass is 32.2. The lowest BCUT2D eigenvalue weighted by molar-refractivity contribution is -0.148. The number of thioether (sulfide) groups is 1. The van der Waals surface area contributed by atoms with E-state index in [0.717, 1.165) is 40.1 Å². The van der Waals surface area contributed by atoms with E-state index in [-0.39, 0.29) is 51.7 Å². The van der Waals surface area contributed by atoms with E-state index in [0.29, 0.717) is 5.56 Å². The summed E-state index contributed by atoms with van der Waals surface area (Å²) in [6.45, 7) is 2.38. The number of nitrogen functional groups attached to an aromatic ring is 1. The number of oxime groups is 1. The van der Waals surface area contributed by atoms with Gasteiger partial charge in [-0.05, 0) is 60.7 Å². The number of thiazole rings is 1. The largest absolute Gasteiger partial charge is 0.512 e. The van der Waals surface area contributed by atoms with E-state index in [4.69, 9.17) is 15.3 Å². The molecule has 1 saturated heterocycles. The molecule has 25 heteroatoms. The zero-order valence-corrected chi connectivity index (χ0v) is 30.4. The van der Waals surface area contributed by atoms with Crippen LogP contribution in [0.2, 0.25) is 0 Å². The zero-order valence-electron chi connectivity index (χ0n) is 28.7. The van der Waals surface area contributed by atoms with Gasteiger partial charge in [0, 0.05) is 27.8 Å². The first kappa shape index (κ1) is 38.6. The molecule has 0 bridgehead atoms. The number of rotatable bonds is 11. The quantitative estimate of drug-likeness (QED) is 0.0320. The monoisotopic (exact) mass is 811 g/mol. The Morgan fingerprint density at radius 2 is 1.75 bits per heavy atom. The average Bonchev–Trinajstić information content (AvgIpc) is 3.80. The number of aromatic nitrogens is 5. The van der Waals surface area contributed by atoms with Crippen molar-refractivity contribution in [3.8, 4) is 34.4 Å². The lowest BCUT2D eigenvalue weighted by Gasteiger charge is -2.49. The molecular formula is C31H29N11O12S2. The number of phenolic OH excluding ortho intramolecular Hbond substituents is 4. The SMILES string of the molecule is CC(C)(O/N=C(\C(=O)N[C@@H]1C(=O)N2C(OC(=O)O)=C(Cn3nnnc3-c3ccc(O)c(O)c3)CS[C@H]12)c1csc(N)n1)C(=O)NNC(=O)c1ccc(O)c(O)c1. The summed E-state index contributed by atoms with van der Waals surface area (Å²) in [6, 6.07) is 5.93. The van der Waals surface area contributed by atoms with Gasteiger partial charge in [0.1, 0.15) is 17.1 Å². The summed E-state index contributed by atoms with van der Waals surface area (Å²) in [4.78, 5) is 74.9. The van der Waals surface area contributed by atoms with Gasteiger partial charge in [0.25, 0.3) is 23.6 Å². The van der Waals surface area contributed by atoms with Crippen LogP contribution in [0, 0.1) is 0 Å². The number of fused-ring (bicyclic) bond motifs is 1. The van der Waals surface area contributed by atoms with Gasteiger partial charge in [-0.25, -0.2) is 14.5 Å². The topological polar surface area (TPSA) is 339 Å². The van der Waals surface area contributed by atoms with Gasteiger partial charge < -0.3 is 46.2 Å². The van der Waals surface area contributed by atoms with Crippen LogP contribution in [0.15, 0.2) is 58.4 Å². The predicted molar refractivity (Wildman–Crippen MR) is 191 cm³/mol. The first-order chi connectivity index (χ1) is 26.5. The smallest absolute Gasteiger partial charge is 0.504 e. The molecule has 1 fully saturated rings. The molecule has 0 radical (unpaired) electrons. The number of β-lactam (4-membered cyclic amide) rings is 1. The molecular weight excluding hydrogens is 783 g/mol. The first-order valence-corrected chi connectivity index (χ1v) is 17.7. The summed E-state index contributed by atoms with van der Waals surface area (Å²) in [5, 5.41) is 66.8. The molecule has 6 rings (SSSR count). The lowest BCUT2D eigenvalue weighted by atomic mass is 10.1. The van der Waals surface area contributed by atoms with Gasteiger partial charge in [-0.3, -0.25) is 34.9 Å². The van der Waals surface area contributed by atoms with Crippen LogP contribution in [0.5, 0.6) is 23.0 Å². The molecule has 10 N–H and O–H groups in total. The Balaban J connectivity index is 1.16. The van der Waals surface area contributed by atoms with Crippen molar-refractivity contribution in [1.82, 2.24) is 46.3 Å². The van der Waals surface area contributed by atoms with Crippen molar-refractivity contribution < 1.29 is 59.1 Å². The molecule has 0 unspecified atom stereocenters. The number of anilines is 1. The first-order valence-electron chi connectivity index (χ1n) is 15.8. The van der Waals surface area contributed by atoms with E-state index in [1.54, 1.807) is 0 Å². The summed E-state index contributed by atoms with van der Waals surface area (Å²) >= 11 is 2.12. The fourth-order valence-electron chi connectivity index (χ4n) is 5.09. The zero-order chi connectivity index (χ0) is 40.5. The second-order valence-electron chi connectivity index (χ2n) is 12.2. The Morgan fingerprint density at radius 1 is 1.04 bits per heavy atom. The Bertz CT molecular complexity index is 2330. The minimum atomic E-state index is -1.84. The van der Waals surface area contributed by atoms with Crippen LogP contribution < -0.4 is 21.9 Å². The van der Waals surface area contributed by atoms with E-state index in [2.05, 4.69) is 41.8 Å². The van der Waals surface area contributed by atoms with E-state index < -0.39 is 69.8 Å². The van der Waals surface area contributed by atoms with E-state index in [1.165, 1.54) is 48.2 Å². The molecule has 4 amide bonds. The molecule has 292 valence electrons. The number of phenols is 4. The molecule has 0 aliphatic carbocycles. The minimum Gasteiger partial charge on any atom is -0.504 e. The van der Waals surface area contributed by atoms with Gasteiger partial charge in [0.2, 0.25) is 11.5 Å². The van der Waals surface area contributed by atoms with Gasteiger partial charge in [-0.1, -0.05) is 5.16 Å². The van der Waals surface area contributed by atoms with Crippen LogP contribution in [-0.4, -0.2) is 114 Å². The number of hydrogen-bond donors (Lipinski definition) is 9. The maximum Gasteiger partial charge on any atom is 0.512 e. The number of ether oxygens (including phenoxy) is 1. The average molecular weight is 812 g/mol. The maximum atomic E-state index is 13.7. The number of amides is 4. The maximum absolute atomic E-state index is 13.7. The van der Waals surface area contributed by atoms with Gasteiger partial charge in [0.05, 0.1) is 6.54 Å². The number of hydrogen-bond acceptors (Lipinski definition) is 19. The second kappa shape index (κ2) is 15.3. The summed E-state index contributed by atoms with van der Waals surface area (Å²) in [5.74, 6) is -5.40. The van der Waals surface area contributed by atoms with Crippen molar-refractivity contribution in [2.75, 3.05) is 11.5 Å². The van der Waals surface area contributed by atoms with Crippen LogP contribution in [0.4, 0.5) is 9.93 Å².